The molecule has 3 amide bonds. The highest BCUT2D eigenvalue weighted by atomic mass is 32.1. The number of rotatable bonds is 14. The Morgan fingerprint density at radius 3 is 2.42 bits per heavy atom. The molecular weight excluding hydrogens is 862 g/mol. The minimum atomic E-state index is -1.98. The van der Waals surface area contributed by atoms with Crippen LogP contribution in [0.1, 0.15) is 56.9 Å². The largest absolute Gasteiger partial charge is 0.507 e. The first-order chi connectivity index (χ1) is 31.6. The fourth-order valence-electron chi connectivity index (χ4n) is 8.35. The minimum absolute atomic E-state index is 0.0155. The van der Waals surface area contributed by atoms with Crippen LogP contribution in [0, 0.1) is 12.3 Å². The maximum absolute atomic E-state index is 14.7. The van der Waals surface area contributed by atoms with Gasteiger partial charge in [-0.2, -0.15) is 10.2 Å². The summed E-state index contributed by atoms with van der Waals surface area (Å²) in [4.78, 5) is 51.8. The molecule has 0 radical (unpaired) electrons. The highest BCUT2D eigenvalue weighted by Gasteiger charge is 2.53. The second-order valence-electron chi connectivity index (χ2n) is 18.4. The smallest absolute Gasteiger partial charge is 0.258 e. The number of azo groups is 1. The van der Waals surface area contributed by atoms with E-state index in [1.54, 1.807) is 44.5 Å². The van der Waals surface area contributed by atoms with Gasteiger partial charge in [0.05, 0.1) is 44.9 Å². The highest BCUT2D eigenvalue weighted by Crippen LogP contribution is 2.41. The number of aliphatic hydroxyl groups excluding tert-OH is 1. The van der Waals surface area contributed by atoms with Crippen molar-refractivity contribution in [3.63, 3.8) is 0 Å². The molecule has 346 valence electrons. The molecule has 8 rings (SSSR count). The molecule has 3 aliphatic rings. The molecule has 3 fully saturated rings. The third-order valence-electron chi connectivity index (χ3n) is 12.5. The quantitative estimate of drug-likeness (QED) is 0.0785. The van der Waals surface area contributed by atoms with Crippen molar-refractivity contribution < 1.29 is 29.0 Å². The number of piperazine rings is 1. The summed E-state index contributed by atoms with van der Waals surface area (Å²) < 4.78 is 14.7. The number of halogens is 1. The molecule has 2 aromatic heterocycles. The number of likely N-dealkylation sites (tertiary alicyclic amines) is 1. The van der Waals surface area contributed by atoms with Crippen LogP contribution in [0.15, 0.2) is 88.5 Å². The predicted octanol–water partition coefficient (Wildman–Crippen LogP) is 6.25. The number of β-amino-alcohol motifs (C(OH)–C–C–N with tert-alkyl or cyclic N) is 1. The molecule has 3 aromatic carbocycles. The fraction of sp³-hybridized carbons (Fsp3) is 0.417. The van der Waals surface area contributed by atoms with Crippen molar-refractivity contribution in [1.29, 1.82) is 0 Å². The number of aromatic hydroxyl groups is 1. The van der Waals surface area contributed by atoms with Crippen molar-refractivity contribution in [2.45, 2.75) is 83.8 Å². The van der Waals surface area contributed by atoms with Crippen LogP contribution in [-0.4, -0.2) is 116 Å². The fourth-order valence-corrected chi connectivity index (χ4v) is 9.15. The number of nitrogen functional groups attached to an aromatic ring is 1. The lowest BCUT2D eigenvalue weighted by atomic mass is 9.85. The lowest BCUT2D eigenvalue weighted by Crippen LogP contribution is -2.59. The van der Waals surface area contributed by atoms with Gasteiger partial charge in [0.1, 0.15) is 17.8 Å². The average Bonchev–Trinajstić information content (AvgIpc) is 3.71. The standard InChI is InChI=1S/C48H56FN11O5S/c1-29-41(66-28-52-29)31-11-12-32(26-51-44(63)39-24-34(61)27-60(39)45(64)42(47(2,3)4)53-46(65)48(49)16-17-48)36(23-31)55-54-33-13-9-30(10-14-33)15-18-58-19-21-59(22-20-58)38-25-37(56-57-43(38)50)35-7-5-6-8-40(35)62/h5-14,23,25,28,34,39,42,61-62H,15-22,24,26-27H2,1-4H3,(H2,50,57)(H,51,63)(H,53,65)/t34-,39+,42+/m0/s1. The first-order valence-corrected chi connectivity index (χ1v) is 23.1. The lowest BCUT2D eigenvalue weighted by molar-refractivity contribution is -0.145. The molecule has 16 nitrogen and oxygen atoms in total. The normalized spacial score (nSPS) is 18.9. The molecule has 3 atom stereocenters. The second kappa shape index (κ2) is 19.2. The molecule has 5 aromatic rings. The number of nitrogens with zero attached hydrogens (tertiary/aromatic N) is 8. The van der Waals surface area contributed by atoms with Crippen molar-refractivity contribution in [3.8, 4) is 27.4 Å². The summed E-state index contributed by atoms with van der Waals surface area (Å²) in [6.45, 7) is 11.3. The third kappa shape index (κ3) is 10.5. The van der Waals surface area contributed by atoms with E-state index in [-0.39, 0.29) is 38.1 Å². The molecule has 18 heteroatoms. The van der Waals surface area contributed by atoms with Crippen LogP contribution < -0.4 is 21.3 Å². The predicted molar refractivity (Wildman–Crippen MR) is 251 cm³/mol. The monoisotopic (exact) mass is 917 g/mol. The van der Waals surface area contributed by atoms with Crippen molar-refractivity contribution in [2.24, 2.45) is 15.6 Å². The van der Waals surface area contributed by atoms with Gasteiger partial charge in [-0.3, -0.25) is 19.3 Å². The van der Waals surface area contributed by atoms with Crippen LogP contribution in [0.3, 0.4) is 0 Å². The Balaban J connectivity index is 0.897. The number of thiazole rings is 1. The Kier molecular flexibility index (Phi) is 13.5. The number of alkyl halides is 1. The summed E-state index contributed by atoms with van der Waals surface area (Å²) in [6.07, 6.45) is 0.119. The van der Waals surface area contributed by atoms with E-state index < -0.39 is 47.0 Å². The average molecular weight is 918 g/mol. The Bertz CT molecular complexity index is 2610. The number of nitrogens with one attached hydrogen (secondary N) is 2. The van der Waals surface area contributed by atoms with Crippen LogP contribution in [0.25, 0.3) is 21.7 Å². The molecule has 66 heavy (non-hydrogen) atoms. The van der Waals surface area contributed by atoms with Gasteiger partial charge in [0.2, 0.25) is 11.8 Å². The summed E-state index contributed by atoms with van der Waals surface area (Å²) >= 11 is 1.51. The molecule has 1 aliphatic carbocycles. The van der Waals surface area contributed by atoms with Crippen LogP contribution in [0.5, 0.6) is 5.75 Å². The van der Waals surface area contributed by atoms with E-state index in [0.29, 0.717) is 34.0 Å². The van der Waals surface area contributed by atoms with E-state index in [4.69, 9.17) is 5.73 Å². The number of aliphatic hydroxyl groups is 1. The van der Waals surface area contributed by atoms with Crippen LogP contribution in [-0.2, 0) is 27.3 Å². The Morgan fingerprint density at radius 1 is 1.00 bits per heavy atom. The number of carbonyl (C=O) groups excluding carboxylic acids is 3. The van der Waals surface area contributed by atoms with Gasteiger partial charge in [0.15, 0.2) is 11.5 Å². The number of benzene rings is 3. The maximum Gasteiger partial charge on any atom is 0.258 e. The molecular formula is C48H56FN11O5S. The molecule has 0 spiro atoms. The summed E-state index contributed by atoms with van der Waals surface area (Å²) in [5.74, 6) is -1.36. The number of phenols is 1. The number of hydrogen-bond donors (Lipinski definition) is 5. The van der Waals surface area contributed by atoms with E-state index in [2.05, 4.69) is 45.8 Å². The van der Waals surface area contributed by atoms with Gasteiger partial charge in [-0.25, -0.2) is 9.37 Å². The number of anilines is 2. The van der Waals surface area contributed by atoms with Gasteiger partial charge < -0.3 is 36.4 Å². The number of aromatic nitrogens is 3. The summed E-state index contributed by atoms with van der Waals surface area (Å²) in [7, 11) is 0. The Labute approximate surface area is 387 Å². The number of carbonyl (C=O) groups is 3. The summed E-state index contributed by atoms with van der Waals surface area (Å²) in [5, 5.41) is 44.2. The van der Waals surface area contributed by atoms with E-state index in [1.165, 1.54) is 16.2 Å². The molecule has 0 unspecified atom stereocenters. The van der Waals surface area contributed by atoms with Crippen LogP contribution in [0.2, 0.25) is 0 Å². The van der Waals surface area contributed by atoms with Gasteiger partial charge in [-0.05, 0) is 84.7 Å². The van der Waals surface area contributed by atoms with Gasteiger partial charge in [0.25, 0.3) is 5.91 Å². The minimum Gasteiger partial charge on any atom is -0.507 e. The van der Waals surface area contributed by atoms with E-state index in [9.17, 15) is 29.0 Å². The van der Waals surface area contributed by atoms with Crippen molar-refractivity contribution in [2.75, 3.05) is 49.9 Å². The van der Waals surface area contributed by atoms with Gasteiger partial charge in [0, 0.05) is 57.8 Å². The van der Waals surface area contributed by atoms with Gasteiger partial charge in [-0.1, -0.05) is 57.2 Å². The Morgan fingerprint density at radius 2 is 1.74 bits per heavy atom. The van der Waals surface area contributed by atoms with E-state index in [0.717, 1.165) is 66.5 Å². The van der Waals surface area contributed by atoms with Crippen LogP contribution >= 0.6 is 11.3 Å². The highest BCUT2D eigenvalue weighted by molar-refractivity contribution is 7.13. The van der Waals surface area contributed by atoms with Crippen molar-refractivity contribution >= 4 is 51.9 Å². The molecule has 0 bridgehead atoms. The maximum atomic E-state index is 14.7. The number of para-hydroxylation sites is 1. The molecule has 2 saturated heterocycles. The van der Waals surface area contributed by atoms with Gasteiger partial charge in [-0.15, -0.1) is 21.5 Å². The number of phenolic OH excluding ortho intramolecular Hbond substituents is 1. The Hall–Kier alpha value is -6.37. The zero-order valence-electron chi connectivity index (χ0n) is 37.6. The molecule has 2 aliphatic heterocycles. The van der Waals surface area contributed by atoms with E-state index >= 15 is 0 Å². The lowest BCUT2D eigenvalue weighted by Gasteiger charge is -2.36. The van der Waals surface area contributed by atoms with Crippen molar-refractivity contribution in [3.05, 3.63) is 95.1 Å². The number of nitrogens with two attached hydrogens (primary N) is 1. The first-order valence-electron chi connectivity index (χ1n) is 22.3. The topological polar surface area (TPSA) is 215 Å². The van der Waals surface area contributed by atoms with Crippen molar-refractivity contribution in [1.82, 2.24) is 35.6 Å². The zero-order chi connectivity index (χ0) is 46.8. The number of aryl methyl sites for hydroxylation is 1. The van der Waals surface area contributed by atoms with Gasteiger partial charge >= 0.3 is 0 Å². The third-order valence-corrected chi connectivity index (χ3v) is 13.5. The van der Waals surface area contributed by atoms with Crippen LogP contribution in [0.4, 0.5) is 27.3 Å². The molecule has 1 saturated carbocycles. The second-order valence-corrected chi connectivity index (χ2v) is 19.3. The first kappa shape index (κ1) is 46.2. The molecule has 6 N–H and O–H groups in total. The summed E-state index contributed by atoms with van der Waals surface area (Å²) in [6, 6.07) is 20.5. The zero-order valence-corrected chi connectivity index (χ0v) is 38.4. The number of amides is 3. The molecule has 4 heterocycles. The van der Waals surface area contributed by atoms with E-state index in [1.807, 2.05) is 61.5 Å². The number of hydrogen-bond acceptors (Lipinski definition) is 14. The SMILES string of the molecule is Cc1ncsc1-c1ccc(CNC(=O)[C@H]2C[C@H](O)CN2C(=O)[C@@H](NC(=O)C2(F)CC2)C(C)(C)C)c(N=Nc2ccc(CCN3CCN(c4cc(-c5ccccc5O)nnc4N)CC3)cc2)c1. The summed E-state index contributed by atoms with van der Waals surface area (Å²) in [5.41, 5.74) is 12.1.